The van der Waals surface area contributed by atoms with Crippen LogP contribution in [0.25, 0.3) is 88.3 Å². The zero-order valence-electron chi connectivity index (χ0n) is 34.8. The summed E-state index contributed by atoms with van der Waals surface area (Å²) in [5, 5.41) is 4.94. The summed E-state index contributed by atoms with van der Waals surface area (Å²) in [6.45, 7) is 0. The Kier molecular flexibility index (Phi) is 9.97. The number of anilines is 3. The smallest absolute Gasteiger partial charge is 0.0468 e. The summed E-state index contributed by atoms with van der Waals surface area (Å²) in [5.41, 5.74) is 17.7. The Morgan fingerprint density at radius 3 is 1.11 bits per heavy atom. The van der Waals surface area contributed by atoms with E-state index in [0.717, 1.165) is 17.1 Å². The molecule has 11 aromatic rings. The molecule has 0 aliphatic heterocycles. The van der Waals surface area contributed by atoms with Crippen LogP contribution in [-0.2, 0) is 0 Å². The SMILES string of the molecule is c1ccc(-c2ccc(N(c3ccc(-c4ccc(-c5ccccc5)cc4-c4ccccc4)cc3)c3ccc4c(c3)c(-c3ccccc3)c(-c3ccccc3)c3ccccc34)cc2)cc1. The van der Waals surface area contributed by atoms with Crippen LogP contribution >= 0.6 is 0 Å². The van der Waals surface area contributed by atoms with Gasteiger partial charge in [-0.15, -0.1) is 0 Å². The normalized spacial score (nSPS) is 11.2. The molecule has 0 aliphatic rings. The van der Waals surface area contributed by atoms with Crippen LogP contribution < -0.4 is 4.90 Å². The molecule has 1 heteroatoms. The van der Waals surface area contributed by atoms with Gasteiger partial charge in [0.05, 0.1) is 0 Å². The third-order valence-electron chi connectivity index (χ3n) is 12.3. The monoisotopic (exact) mass is 801 g/mol. The zero-order valence-corrected chi connectivity index (χ0v) is 34.8. The van der Waals surface area contributed by atoms with Gasteiger partial charge in [-0.05, 0) is 131 Å². The second-order valence-electron chi connectivity index (χ2n) is 16.0. The third-order valence-corrected chi connectivity index (χ3v) is 12.3. The van der Waals surface area contributed by atoms with Crippen LogP contribution in [0.2, 0.25) is 0 Å². The van der Waals surface area contributed by atoms with Crippen LogP contribution in [0, 0.1) is 0 Å². The van der Waals surface area contributed by atoms with Crippen molar-refractivity contribution in [2.24, 2.45) is 0 Å². The topological polar surface area (TPSA) is 3.24 Å². The van der Waals surface area contributed by atoms with Crippen molar-refractivity contribution in [3.05, 3.63) is 261 Å². The van der Waals surface area contributed by atoms with Crippen LogP contribution in [0.15, 0.2) is 261 Å². The second kappa shape index (κ2) is 16.7. The van der Waals surface area contributed by atoms with Gasteiger partial charge in [-0.2, -0.15) is 0 Å². The fraction of sp³-hybridized carbons (Fsp3) is 0. The maximum Gasteiger partial charge on any atom is 0.0468 e. The predicted octanol–water partition coefficient (Wildman–Crippen LogP) is 17.5. The average molecular weight is 802 g/mol. The molecule has 0 heterocycles. The summed E-state index contributed by atoms with van der Waals surface area (Å²) >= 11 is 0. The number of rotatable bonds is 9. The van der Waals surface area contributed by atoms with Crippen LogP contribution in [0.4, 0.5) is 17.1 Å². The van der Waals surface area contributed by atoms with E-state index < -0.39 is 0 Å². The quantitative estimate of drug-likeness (QED) is 0.131. The van der Waals surface area contributed by atoms with Crippen molar-refractivity contribution in [2.45, 2.75) is 0 Å². The lowest BCUT2D eigenvalue weighted by molar-refractivity contribution is 1.29. The maximum atomic E-state index is 2.41. The van der Waals surface area contributed by atoms with Crippen molar-refractivity contribution < 1.29 is 0 Å². The molecule has 0 amide bonds. The Morgan fingerprint density at radius 2 is 0.556 bits per heavy atom. The molecule has 0 bridgehead atoms. The first-order chi connectivity index (χ1) is 31.3. The molecular formula is C62H43N. The Hall–Kier alpha value is -8.26. The molecule has 0 spiro atoms. The molecule has 0 unspecified atom stereocenters. The van der Waals surface area contributed by atoms with Crippen molar-refractivity contribution >= 4 is 38.6 Å². The summed E-state index contributed by atoms with van der Waals surface area (Å²) in [7, 11) is 0. The van der Waals surface area contributed by atoms with Crippen molar-refractivity contribution in [2.75, 3.05) is 4.90 Å². The average Bonchev–Trinajstić information content (AvgIpc) is 3.37. The van der Waals surface area contributed by atoms with E-state index in [0.29, 0.717) is 0 Å². The lowest BCUT2D eigenvalue weighted by Crippen LogP contribution is -2.10. The first kappa shape index (κ1) is 37.7. The summed E-state index contributed by atoms with van der Waals surface area (Å²) in [5.74, 6) is 0. The van der Waals surface area contributed by atoms with Crippen molar-refractivity contribution in [1.29, 1.82) is 0 Å². The molecule has 0 aliphatic carbocycles. The van der Waals surface area contributed by atoms with Gasteiger partial charge in [0.1, 0.15) is 0 Å². The minimum atomic E-state index is 1.08. The van der Waals surface area contributed by atoms with Crippen molar-refractivity contribution in [3.63, 3.8) is 0 Å². The summed E-state index contributed by atoms with van der Waals surface area (Å²) in [6.07, 6.45) is 0. The highest BCUT2D eigenvalue weighted by molar-refractivity contribution is 6.22. The number of benzene rings is 11. The van der Waals surface area contributed by atoms with E-state index in [9.17, 15) is 0 Å². The first-order valence-corrected chi connectivity index (χ1v) is 21.7. The molecule has 11 rings (SSSR count). The Balaban J connectivity index is 1.10. The van der Waals surface area contributed by atoms with E-state index in [1.54, 1.807) is 0 Å². The second-order valence-corrected chi connectivity index (χ2v) is 16.0. The van der Waals surface area contributed by atoms with E-state index in [4.69, 9.17) is 0 Å². The molecule has 11 aromatic carbocycles. The fourth-order valence-electron chi connectivity index (χ4n) is 9.26. The maximum absolute atomic E-state index is 2.41. The molecule has 1 nitrogen and oxygen atoms in total. The molecule has 0 N–H and O–H groups in total. The van der Waals surface area contributed by atoms with E-state index in [2.05, 4.69) is 266 Å². The Morgan fingerprint density at radius 1 is 0.190 bits per heavy atom. The predicted molar refractivity (Wildman–Crippen MR) is 269 cm³/mol. The third kappa shape index (κ3) is 7.26. The molecule has 0 aromatic heterocycles. The van der Waals surface area contributed by atoms with Crippen LogP contribution in [0.3, 0.4) is 0 Å². The van der Waals surface area contributed by atoms with Crippen LogP contribution in [0.5, 0.6) is 0 Å². The van der Waals surface area contributed by atoms with E-state index in [1.807, 2.05) is 0 Å². The van der Waals surface area contributed by atoms with Gasteiger partial charge in [0.15, 0.2) is 0 Å². The number of nitrogens with zero attached hydrogens (tertiary/aromatic N) is 1. The minimum Gasteiger partial charge on any atom is -0.310 e. The van der Waals surface area contributed by atoms with E-state index >= 15 is 0 Å². The van der Waals surface area contributed by atoms with Crippen molar-refractivity contribution in [3.8, 4) is 66.8 Å². The van der Waals surface area contributed by atoms with Gasteiger partial charge in [-0.1, -0.05) is 218 Å². The highest BCUT2D eigenvalue weighted by atomic mass is 15.1. The van der Waals surface area contributed by atoms with E-state index in [-0.39, 0.29) is 0 Å². The van der Waals surface area contributed by atoms with Gasteiger partial charge in [0, 0.05) is 17.1 Å². The van der Waals surface area contributed by atoms with Gasteiger partial charge in [0.25, 0.3) is 0 Å². The van der Waals surface area contributed by atoms with Gasteiger partial charge >= 0.3 is 0 Å². The van der Waals surface area contributed by atoms with Crippen molar-refractivity contribution in [1.82, 2.24) is 0 Å². The van der Waals surface area contributed by atoms with Gasteiger partial charge < -0.3 is 4.90 Å². The number of hydrogen-bond acceptors (Lipinski definition) is 1. The lowest BCUT2D eigenvalue weighted by Gasteiger charge is -2.27. The number of hydrogen-bond donors (Lipinski definition) is 0. The summed E-state index contributed by atoms with van der Waals surface area (Å²) in [6, 6.07) is 94.6. The van der Waals surface area contributed by atoms with Gasteiger partial charge in [-0.25, -0.2) is 0 Å². The Bertz CT molecular complexity index is 3320. The van der Waals surface area contributed by atoms with Gasteiger partial charge in [0.2, 0.25) is 0 Å². The summed E-state index contributed by atoms with van der Waals surface area (Å²) in [4.78, 5) is 2.40. The Labute approximate surface area is 369 Å². The molecule has 0 atom stereocenters. The minimum absolute atomic E-state index is 1.08. The first-order valence-electron chi connectivity index (χ1n) is 21.7. The van der Waals surface area contributed by atoms with Gasteiger partial charge in [-0.3, -0.25) is 0 Å². The molecule has 0 fully saturated rings. The molecular weight excluding hydrogens is 759 g/mol. The van der Waals surface area contributed by atoms with E-state index in [1.165, 1.54) is 88.3 Å². The largest absolute Gasteiger partial charge is 0.310 e. The molecule has 0 saturated carbocycles. The number of fused-ring (bicyclic) bond motifs is 3. The lowest BCUT2D eigenvalue weighted by atomic mass is 9.85. The zero-order chi connectivity index (χ0) is 42.0. The highest BCUT2D eigenvalue weighted by Crippen LogP contribution is 2.47. The molecule has 296 valence electrons. The summed E-state index contributed by atoms with van der Waals surface area (Å²) < 4.78 is 0. The fourth-order valence-corrected chi connectivity index (χ4v) is 9.26. The highest BCUT2D eigenvalue weighted by Gasteiger charge is 2.21. The molecule has 63 heavy (non-hydrogen) atoms. The standard InChI is InChI=1S/C62H43N/c1-6-18-44(19-7-1)46-30-35-52(36-31-46)63(53-37-32-48(33-38-53)55-40-34-51(45-20-8-2-9-21-45)42-59(55)47-22-10-3-11-23-47)54-39-41-57-56-28-16-17-29-58(56)61(49-24-12-4-13-25-49)62(60(57)43-54)50-26-14-5-15-27-50/h1-43H. The molecule has 0 radical (unpaired) electrons. The molecule has 0 saturated heterocycles. The van der Waals surface area contributed by atoms with Crippen LogP contribution in [-0.4, -0.2) is 0 Å². The van der Waals surface area contributed by atoms with Crippen LogP contribution in [0.1, 0.15) is 0 Å².